The van der Waals surface area contributed by atoms with E-state index in [4.69, 9.17) is 0 Å². The van der Waals surface area contributed by atoms with Gasteiger partial charge in [0.25, 0.3) is 0 Å². The summed E-state index contributed by atoms with van der Waals surface area (Å²) in [7, 11) is 1.97. The molecule has 1 rings (SSSR count). The van der Waals surface area contributed by atoms with Crippen molar-refractivity contribution in [3.63, 3.8) is 0 Å². The molecule has 0 aromatic heterocycles. The second-order valence-electron chi connectivity index (χ2n) is 4.69. The van der Waals surface area contributed by atoms with Gasteiger partial charge in [-0.3, -0.25) is 9.80 Å². The van der Waals surface area contributed by atoms with Gasteiger partial charge in [-0.15, -0.1) is 0 Å². The zero-order valence-electron chi connectivity index (χ0n) is 10.4. The minimum atomic E-state index is 0.688. The van der Waals surface area contributed by atoms with Gasteiger partial charge in [-0.05, 0) is 26.5 Å². The maximum absolute atomic E-state index is 4.07. The number of likely N-dealkylation sites (N-methyl/N-ethyl adjacent to an activating group) is 1. The summed E-state index contributed by atoms with van der Waals surface area (Å²) in [6.07, 6.45) is 0. The van der Waals surface area contributed by atoms with Crippen LogP contribution in [0, 0.1) is 0 Å². The van der Waals surface area contributed by atoms with Crippen LogP contribution >= 0.6 is 0 Å². The molecule has 0 aromatic rings. The van der Waals surface area contributed by atoms with Crippen molar-refractivity contribution >= 4 is 0 Å². The fraction of sp³-hybridized carbons (Fsp3) is 0.833. The Morgan fingerprint density at radius 2 is 1.87 bits per heavy atom. The van der Waals surface area contributed by atoms with Gasteiger partial charge in [0.15, 0.2) is 0 Å². The standard InChI is InChI=1S/C12H25N3/c1-11(2)15-7-5-14(6-8-15)10-12(3)9-13-4/h11,13H,3,5-10H2,1-2,4H3. The van der Waals surface area contributed by atoms with E-state index in [2.05, 4.69) is 35.5 Å². The number of hydrogen-bond donors (Lipinski definition) is 1. The van der Waals surface area contributed by atoms with Crippen molar-refractivity contribution in [1.82, 2.24) is 15.1 Å². The van der Waals surface area contributed by atoms with Gasteiger partial charge >= 0.3 is 0 Å². The molecule has 0 amide bonds. The Bertz CT molecular complexity index is 193. The molecule has 0 unspecified atom stereocenters. The highest BCUT2D eigenvalue weighted by molar-refractivity contribution is 5.00. The van der Waals surface area contributed by atoms with Crippen molar-refractivity contribution in [2.75, 3.05) is 46.3 Å². The molecular weight excluding hydrogens is 186 g/mol. The van der Waals surface area contributed by atoms with Gasteiger partial charge in [-0.25, -0.2) is 0 Å². The molecule has 88 valence electrons. The van der Waals surface area contributed by atoms with Gasteiger partial charge in [0, 0.05) is 45.3 Å². The van der Waals surface area contributed by atoms with Gasteiger partial charge < -0.3 is 5.32 Å². The first kappa shape index (κ1) is 12.7. The van der Waals surface area contributed by atoms with E-state index < -0.39 is 0 Å². The van der Waals surface area contributed by atoms with Gasteiger partial charge in [-0.1, -0.05) is 6.58 Å². The molecule has 3 nitrogen and oxygen atoms in total. The summed E-state index contributed by atoms with van der Waals surface area (Å²) >= 11 is 0. The molecule has 1 fully saturated rings. The third kappa shape index (κ3) is 4.33. The quantitative estimate of drug-likeness (QED) is 0.678. The average molecular weight is 211 g/mol. The Balaban J connectivity index is 2.22. The first-order valence-corrected chi connectivity index (χ1v) is 5.91. The van der Waals surface area contributed by atoms with Crippen LogP contribution in [0.2, 0.25) is 0 Å². The Kier molecular flexibility index (Phi) is 5.29. The highest BCUT2D eigenvalue weighted by Gasteiger charge is 2.18. The lowest BCUT2D eigenvalue weighted by molar-refractivity contribution is 0.115. The van der Waals surface area contributed by atoms with Crippen LogP contribution in [0.25, 0.3) is 0 Å². The van der Waals surface area contributed by atoms with E-state index in [-0.39, 0.29) is 0 Å². The Hall–Kier alpha value is -0.380. The Morgan fingerprint density at radius 3 is 2.33 bits per heavy atom. The monoisotopic (exact) mass is 211 g/mol. The minimum Gasteiger partial charge on any atom is -0.316 e. The van der Waals surface area contributed by atoms with Gasteiger partial charge in [0.05, 0.1) is 0 Å². The summed E-state index contributed by atoms with van der Waals surface area (Å²) < 4.78 is 0. The summed E-state index contributed by atoms with van der Waals surface area (Å²) in [5.41, 5.74) is 1.29. The summed E-state index contributed by atoms with van der Waals surface area (Å²) in [4.78, 5) is 5.04. The van der Waals surface area contributed by atoms with Crippen LogP contribution in [-0.4, -0.2) is 62.2 Å². The van der Waals surface area contributed by atoms with Crippen LogP contribution < -0.4 is 5.32 Å². The van der Waals surface area contributed by atoms with Gasteiger partial charge in [0.2, 0.25) is 0 Å². The van der Waals surface area contributed by atoms with E-state index in [0.29, 0.717) is 6.04 Å². The van der Waals surface area contributed by atoms with Crippen molar-refractivity contribution in [3.8, 4) is 0 Å². The summed E-state index contributed by atoms with van der Waals surface area (Å²) in [6.45, 7) is 15.4. The lowest BCUT2D eigenvalue weighted by Gasteiger charge is -2.37. The molecule has 1 saturated heterocycles. The number of piperazine rings is 1. The van der Waals surface area contributed by atoms with E-state index in [1.165, 1.54) is 31.8 Å². The summed E-state index contributed by atoms with van der Waals surface area (Å²) in [5.74, 6) is 0. The second kappa shape index (κ2) is 6.26. The maximum atomic E-state index is 4.07. The number of rotatable bonds is 5. The molecule has 15 heavy (non-hydrogen) atoms. The predicted octanol–water partition coefficient (Wildman–Crippen LogP) is 0.788. The zero-order valence-corrected chi connectivity index (χ0v) is 10.4. The van der Waals surface area contributed by atoms with E-state index in [9.17, 15) is 0 Å². The fourth-order valence-electron chi connectivity index (χ4n) is 2.06. The third-order valence-electron chi connectivity index (χ3n) is 3.01. The van der Waals surface area contributed by atoms with Gasteiger partial charge in [0.1, 0.15) is 0 Å². The first-order chi connectivity index (χ1) is 7.13. The molecule has 0 atom stereocenters. The summed E-state index contributed by atoms with van der Waals surface area (Å²) in [6, 6.07) is 0.688. The maximum Gasteiger partial charge on any atom is 0.0203 e. The number of nitrogens with one attached hydrogen (secondary N) is 1. The highest BCUT2D eigenvalue weighted by atomic mass is 15.3. The molecule has 3 heteroatoms. The molecule has 0 aromatic carbocycles. The smallest absolute Gasteiger partial charge is 0.0203 e. The molecule has 0 saturated carbocycles. The van der Waals surface area contributed by atoms with E-state index in [0.717, 1.165) is 13.1 Å². The molecule has 0 spiro atoms. The van der Waals surface area contributed by atoms with Crippen molar-refractivity contribution in [2.24, 2.45) is 0 Å². The van der Waals surface area contributed by atoms with Crippen molar-refractivity contribution in [1.29, 1.82) is 0 Å². The lowest BCUT2D eigenvalue weighted by atomic mass is 10.2. The molecule has 0 aliphatic carbocycles. The Labute approximate surface area is 94.1 Å². The molecule has 0 bridgehead atoms. The van der Waals surface area contributed by atoms with Crippen molar-refractivity contribution in [3.05, 3.63) is 12.2 Å². The van der Waals surface area contributed by atoms with Crippen LogP contribution in [0.4, 0.5) is 0 Å². The van der Waals surface area contributed by atoms with Crippen molar-refractivity contribution < 1.29 is 0 Å². The SMILES string of the molecule is C=C(CNC)CN1CCN(C(C)C)CC1. The topological polar surface area (TPSA) is 18.5 Å². The average Bonchev–Trinajstić information content (AvgIpc) is 2.18. The van der Waals surface area contributed by atoms with Crippen LogP contribution in [0.5, 0.6) is 0 Å². The zero-order chi connectivity index (χ0) is 11.3. The first-order valence-electron chi connectivity index (χ1n) is 5.91. The molecule has 1 aliphatic rings. The van der Waals surface area contributed by atoms with Crippen molar-refractivity contribution in [2.45, 2.75) is 19.9 Å². The molecule has 1 heterocycles. The largest absolute Gasteiger partial charge is 0.316 e. The number of nitrogens with zero attached hydrogens (tertiary/aromatic N) is 2. The minimum absolute atomic E-state index is 0.688. The molecule has 1 aliphatic heterocycles. The fourth-order valence-corrected chi connectivity index (χ4v) is 2.06. The van der Waals surface area contributed by atoms with E-state index in [1.54, 1.807) is 0 Å². The van der Waals surface area contributed by atoms with Crippen LogP contribution in [0.1, 0.15) is 13.8 Å². The van der Waals surface area contributed by atoms with E-state index >= 15 is 0 Å². The molecule has 0 radical (unpaired) electrons. The highest BCUT2D eigenvalue weighted by Crippen LogP contribution is 2.06. The molecule has 1 N–H and O–H groups in total. The van der Waals surface area contributed by atoms with Crippen LogP contribution in [-0.2, 0) is 0 Å². The lowest BCUT2D eigenvalue weighted by Crippen LogP contribution is -2.49. The molecular formula is C12H25N3. The van der Waals surface area contributed by atoms with Gasteiger partial charge in [-0.2, -0.15) is 0 Å². The number of hydrogen-bond acceptors (Lipinski definition) is 3. The normalized spacial score (nSPS) is 19.7. The second-order valence-corrected chi connectivity index (χ2v) is 4.69. The predicted molar refractivity (Wildman–Crippen MR) is 66.2 cm³/mol. The van der Waals surface area contributed by atoms with Crippen LogP contribution in [0.3, 0.4) is 0 Å². The van der Waals surface area contributed by atoms with E-state index in [1.807, 2.05) is 7.05 Å². The third-order valence-corrected chi connectivity index (χ3v) is 3.01. The summed E-state index contributed by atoms with van der Waals surface area (Å²) in [5, 5.41) is 3.15. The van der Waals surface area contributed by atoms with Crippen LogP contribution in [0.15, 0.2) is 12.2 Å². The Morgan fingerprint density at radius 1 is 1.27 bits per heavy atom.